The molecule has 0 radical (unpaired) electrons. The Morgan fingerprint density at radius 2 is 1.59 bits per heavy atom. The maximum atomic E-state index is 13.3. The molecule has 0 saturated carbocycles. The molecule has 0 aliphatic rings. The predicted molar refractivity (Wildman–Crippen MR) is 145 cm³/mol. The van der Waals surface area contributed by atoms with Crippen LogP contribution in [0.5, 0.6) is 0 Å². The number of nitrogens with one attached hydrogen (secondary N) is 2. The smallest absolute Gasteiger partial charge is 0.408 e. The predicted octanol–water partition coefficient (Wildman–Crippen LogP) is 4.15. The third kappa shape index (κ3) is 11.2. The zero-order chi connectivity index (χ0) is 28.4. The van der Waals surface area contributed by atoms with Gasteiger partial charge in [0, 0.05) is 6.42 Å². The van der Waals surface area contributed by atoms with Gasteiger partial charge >= 0.3 is 12.1 Å². The monoisotopic (exact) mass is 538 g/mol. The van der Waals surface area contributed by atoms with Gasteiger partial charge in [-0.3, -0.25) is 4.79 Å². The number of hydrogen-bond donors (Lipinski definition) is 3. The lowest BCUT2D eigenvalue weighted by atomic mass is 9.96. The lowest BCUT2D eigenvalue weighted by Crippen LogP contribution is -2.56. The molecule has 0 bridgehead atoms. The Morgan fingerprint density at radius 3 is 2.11 bits per heavy atom. The number of esters is 1. The number of carbonyl (C=O) groups excluding carboxylic acids is 3. The minimum atomic E-state index is -2.17. The van der Waals surface area contributed by atoms with Crippen molar-refractivity contribution in [3.63, 3.8) is 0 Å². The van der Waals surface area contributed by atoms with Crippen molar-refractivity contribution in [1.29, 1.82) is 0 Å². The Labute approximate surface area is 222 Å². The standard InChI is InChI=1S/C27H46N2O7Si/c1-10-34-24(31)22(19(2)3)29-23(30)21(28-25(32)35-17-20-14-12-11-13-15-20)16-27(7,33)18-36-37(8,9)26(4,5)6/h11-15,19,21-22,33H,10,16-18H2,1-9H3,(H,28,32)(H,29,30)/t21-,22-,27-/m0/s1. The summed E-state index contributed by atoms with van der Waals surface area (Å²) in [4.78, 5) is 38.3. The summed E-state index contributed by atoms with van der Waals surface area (Å²) in [5.74, 6) is -1.45. The summed E-state index contributed by atoms with van der Waals surface area (Å²) in [6.07, 6.45) is -0.969. The van der Waals surface area contributed by atoms with E-state index in [4.69, 9.17) is 13.9 Å². The number of rotatable bonds is 13. The van der Waals surface area contributed by atoms with E-state index in [-0.39, 0.29) is 37.2 Å². The van der Waals surface area contributed by atoms with Crippen molar-refractivity contribution in [3.8, 4) is 0 Å². The van der Waals surface area contributed by atoms with Gasteiger partial charge in [-0.2, -0.15) is 0 Å². The number of alkyl carbamates (subject to hydrolysis) is 1. The van der Waals surface area contributed by atoms with Crippen molar-refractivity contribution in [1.82, 2.24) is 10.6 Å². The van der Waals surface area contributed by atoms with E-state index < -0.39 is 44.0 Å². The van der Waals surface area contributed by atoms with Gasteiger partial charge in [0.25, 0.3) is 0 Å². The molecule has 3 N–H and O–H groups in total. The Bertz CT molecular complexity index is 882. The molecule has 2 amide bonds. The van der Waals surface area contributed by atoms with E-state index in [9.17, 15) is 19.5 Å². The fraction of sp³-hybridized carbons (Fsp3) is 0.667. The van der Waals surface area contributed by atoms with Crippen LogP contribution in [0.2, 0.25) is 18.1 Å². The van der Waals surface area contributed by atoms with Crippen molar-refractivity contribution in [2.75, 3.05) is 13.2 Å². The third-order valence-corrected chi connectivity index (χ3v) is 11.0. The molecule has 0 fully saturated rings. The normalized spacial score (nSPS) is 15.3. The Kier molecular flexibility index (Phi) is 12.3. The quantitative estimate of drug-likeness (QED) is 0.255. The van der Waals surface area contributed by atoms with E-state index in [0.717, 1.165) is 5.56 Å². The van der Waals surface area contributed by atoms with Gasteiger partial charge in [0.05, 0.1) is 18.8 Å². The van der Waals surface area contributed by atoms with Crippen LogP contribution in [-0.4, -0.2) is 62.3 Å². The first-order valence-corrected chi connectivity index (χ1v) is 15.7. The summed E-state index contributed by atoms with van der Waals surface area (Å²) in [6.45, 7) is 17.4. The van der Waals surface area contributed by atoms with Crippen molar-refractivity contribution in [2.24, 2.45) is 5.92 Å². The second-order valence-corrected chi connectivity index (χ2v) is 16.3. The maximum absolute atomic E-state index is 13.3. The summed E-state index contributed by atoms with van der Waals surface area (Å²) in [7, 11) is -2.17. The molecule has 1 aromatic rings. The van der Waals surface area contributed by atoms with Crippen LogP contribution < -0.4 is 10.6 Å². The second kappa shape index (κ2) is 13.9. The van der Waals surface area contributed by atoms with Gasteiger partial charge in [-0.1, -0.05) is 65.0 Å². The van der Waals surface area contributed by atoms with Crippen molar-refractivity contribution in [2.45, 2.75) is 97.3 Å². The maximum Gasteiger partial charge on any atom is 0.408 e. The summed E-state index contributed by atoms with van der Waals surface area (Å²) >= 11 is 0. The van der Waals surface area contributed by atoms with Crippen LogP contribution in [0, 0.1) is 5.92 Å². The molecule has 210 valence electrons. The number of amides is 2. The molecule has 0 aliphatic heterocycles. The topological polar surface area (TPSA) is 123 Å². The Morgan fingerprint density at radius 1 is 1.00 bits per heavy atom. The molecule has 0 aliphatic carbocycles. The van der Waals surface area contributed by atoms with E-state index in [1.54, 1.807) is 27.7 Å². The summed E-state index contributed by atoms with van der Waals surface area (Å²) in [5.41, 5.74) is -0.655. The molecule has 0 saturated heterocycles. The lowest BCUT2D eigenvalue weighted by molar-refractivity contribution is -0.149. The molecule has 1 aromatic carbocycles. The minimum Gasteiger partial charge on any atom is -0.464 e. The highest BCUT2D eigenvalue weighted by atomic mass is 28.4. The number of benzene rings is 1. The molecule has 10 heteroatoms. The summed E-state index contributed by atoms with van der Waals surface area (Å²) < 4.78 is 16.6. The highest BCUT2D eigenvalue weighted by molar-refractivity contribution is 6.74. The fourth-order valence-electron chi connectivity index (χ4n) is 3.15. The van der Waals surface area contributed by atoms with E-state index in [1.165, 1.54) is 0 Å². The zero-order valence-electron chi connectivity index (χ0n) is 23.8. The first-order chi connectivity index (χ1) is 17.0. The zero-order valence-corrected chi connectivity index (χ0v) is 24.8. The molecule has 3 atom stereocenters. The third-order valence-electron chi connectivity index (χ3n) is 6.52. The van der Waals surface area contributed by atoms with E-state index in [1.807, 2.05) is 30.3 Å². The highest BCUT2D eigenvalue weighted by Gasteiger charge is 2.40. The van der Waals surface area contributed by atoms with Gasteiger partial charge in [-0.15, -0.1) is 0 Å². The molecule has 0 spiro atoms. The number of aliphatic hydroxyl groups is 1. The number of hydrogen-bond acceptors (Lipinski definition) is 7. The summed E-state index contributed by atoms with van der Waals surface area (Å²) in [5, 5.41) is 16.3. The van der Waals surface area contributed by atoms with E-state index in [0.29, 0.717) is 0 Å². The molecular formula is C27H46N2O7Si. The molecule has 0 aromatic heterocycles. The highest BCUT2D eigenvalue weighted by Crippen LogP contribution is 2.37. The second-order valence-electron chi connectivity index (χ2n) is 11.5. The molecule has 9 nitrogen and oxygen atoms in total. The van der Waals surface area contributed by atoms with Gasteiger partial charge in [0.2, 0.25) is 5.91 Å². The largest absolute Gasteiger partial charge is 0.464 e. The van der Waals surface area contributed by atoms with Crippen LogP contribution in [0.4, 0.5) is 4.79 Å². The summed E-state index contributed by atoms with van der Waals surface area (Å²) in [6, 6.07) is 7.04. The molecule has 1 rings (SSSR count). The van der Waals surface area contributed by atoms with Gasteiger partial charge < -0.3 is 29.6 Å². The van der Waals surface area contributed by atoms with Crippen LogP contribution in [-0.2, 0) is 30.1 Å². The van der Waals surface area contributed by atoms with Crippen LogP contribution in [0.25, 0.3) is 0 Å². The molecule has 37 heavy (non-hydrogen) atoms. The Balaban J connectivity index is 3.04. The van der Waals surface area contributed by atoms with Crippen LogP contribution in [0.15, 0.2) is 30.3 Å². The van der Waals surface area contributed by atoms with E-state index >= 15 is 0 Å². The fourth-order valence-corrected chi connectivity index (χ4v) is 4.26. The van der Waals surface area contributed by atoms with Crippen LogP contribution in [0.3, 0.4) is 0 Å². The van der Waals surface area contributed by atoms with Crippen molar-refractivity contribution >= 4 is 26.3 Å². The minimum absolute atomic E-state index is 0.0144. The van der Waals surface area contributed by atoms with Gasteiger partial charge in [0.1, 0.15) is 18.7 Å². The first kappa shape index (κ1) is 32.6. The number of carbonyl (C=O) groups is 3. The Hall–Kier alpha value is -2.43. The van der Waals surface area contributed by atoms with Crippen LogP contribution >= 0.6 is 0 Å². The number of ether oxygens (including phenoxy) is 2. The lowest BCUT2D eigenvalue weighted by Gasteiger charge is -2.39. The average Bonchev–Trinajstić information content (AvgIpc) is 2.79. The SMILES string of the molecule is CCOC(=O)[C@@H](NC(=O)[C@H](C[C@](C)(O)CO[Si](C)(C)C(C)(C)C)NC(=O)OCc1ccccc1)C(C)C. The molecule has 0 unspecified atom stereocenters. The van der Waals surface area contributed by atoms with Gasteiger partial charge in [-0.25, -0.2) is 9.59 Å². The van der Waals surface area contributed by atoms with Crippen molar-refractivity contribution in [3.05, 3.63) is 35.9 Å². The van der Waals surface area contributed by atoms with Crippen LogP contribution in [0.1, 0.15) is 60.5 Å². The van der Waals surface area contributed by atoms with Gasteiger partial charge in [-0.05, 0) is 43.5 Å². The van der Waals surface area contributed by atoms with E-state index in [2.05, 4.69) is 44.5 Å². The molecule has 0 heterocycles. The first-order valence-electron chi connectivity index (χ1n) is 12.8. The average molecular weight is 539 g/mol. The van der Waals surface area contributed by atoms with Crippen molar-refractivity contribution < 1.29 is 33.4 Å². The van der Waals surface area contributed by atoms with Gasteiger partial charge in [0.15, 0.2) is 8.32 Å². The molecular weight excluding hydrogens is 492 g/mol.